The smallest absolute Gasteiger partial charge is 0.0678 e. The van der Waals surface area contributed by atoms with Crippen LogP contribution in [0.5, 0.6) is 0 Å². The first-order valence-corrected chi connectivity index (χ1v) is 8.56. The highest BCUT2D eigenvalue weighted by Crippen LogP contribution is 2.24. The maximum Gasteiger partial charge on any atom is 0.0678 e. The van der Waals surface area contributed by atoms with Crippen molar-refractivity contribution in [2.75, 3.05) is 19.6 Å². The maximum absolute atomic E-state index is 5.81. The van der Waals surface area contributed by atoms with E-state index in [1.54, 1.807) is 0 Å². The zero-order valence-electron chi connectivity index (χ0n) is 13.2. The van der Waals surface area contributed by atoms with Crippen LogP contribution in [0, 0.1) is 6.92 Å². The van der Waals surface area contributed by atoms with Crippen LogP contribution < -0.4 is 5.32 Å². The topological polar surface area (TPSA) is 24.5 Å². The molecular formula is C16H28N2OS. The van der Waals surface area contributed by atoms with Gasteiger partial charge in [-0.25, -0.2) is 0 Å². The van der Waals surface area contributed by atoms with Crippen molar-refractivity contribution < 1.29 is 4.74 Å². The highest BCUT2D eigenvalue weighted by atomic mass is 32.1. The summed E-state index contributed by atoms with van der Waals surface area (Å²) in [4.78, 5) is 5.45. The predicted octanol–water partition coefficient (Wildman–Crippen LogP) is 3.17. The number of rotatable bonds is 6. The second kappa shape index (κ2) is 7.55. The maximum atomic E-state index is 5.81. The Labute approximate surface area is 127 Å². The van der Waals surface area contributed by atoms with Gasteiger partial charge in [0, 0.05) is 35.9 Å². The summed E-state index contributed by atoms with van der Waals surface area (Å²) in [6, 6.07) is 2.38. The van der Waals surface area contributed by atoms with Crippen molar-refractivity contribution >= 4 is 11.3 Å². The van der Waals surface area contributed by atoms with Crippen LogP contribution in [0.3, 0.4) is 0 Å². The van der Waals surface area contributed by atoms with E-state index >= 15 is 0 Å². The molecule has 1 saturated heterocycles. The summed E-state index contributed by atoms with van der Waals surface area (Å²) in [5, 5.41) is 3.49. The molecule has 2 unspecified atom stereocenters. The Morgan fingerprint density at radius 1 is 1.35 bits per heavy atom. The van der Waals surface area contributed by atoms with Gasteiger partial charge in [-0.1, -0.05) is 6.92 Å². The number of thiophene rings is 1. The molecule has 0 amide bonds. The van der Waals surface area contributed by atoms with E-state index in [0.29, 0.717) is 12.2 Å². The van der Waals surface area contributed by atoms with Crippen LogP contribution in [-0.2, 0) is 17.8 Å². The molecule has 0 aliphatic carbocycles. The molecule has 2 atom stereocenters. The van der Waals surface area contributed by atoms with Gasteiger partial charge in [-0.05, 0) is 45.4 Å². The van der Waals surface area contributed by atoms with Gasteiger partial charge in [0.2, 0.25) is 0 Å². The Bertz CT molecular complexity index is 409. The molecule has 2 rings (SSSR count). The molecule has 3 nitrogen and oxygen atoms in total. The second-order valence-corrected chi connectivity index (χ2v) is 7.26. The number of hydrogen-bond donors (Lipinski definition) is 1. The Balaban J connectivity index is 1.91. The van der Waals surface area contributed by atoms with Crippen molar-refractivity contribution in [2.45, 2.75) is 59.4 Å². The van der Waals surface area contributed by atoms with Crippen molar-refractivity contribution in [3.63, 3.8) is 0 Å². The van der Waals surface area contributed by atoms with Crippen LogP contribution >= 0.6 is 11.3 Å². The van der Waals surface area contributed by atoms with Crippen molar-refractivity contribution in [3.05, 3.63) is 21.4 Å². The summed E-state index contributed by atoms with van der Waals surface area (Å²) in [6.45, 7) is 14.1. The quantitative estimate of drug-likeness (QED) is 0.816. The number of nitrogens with zero attached hydrogens (tertiary/aromatic N) is 1. The lowest BCUT2D eigenvalue weighted by molar-refractivity contribution is -0.0705. The molecule has 2 heterocycles. The minimum Gasteiger partial charge on any atom is -0.373 e. The van der Waals surface area contributed by atoms with Crippen molar-refractivity contribution in [1.82, 2.24) is 10.2 Å². The first-order valence-electron chi connectivity index (χ1n) is 7.75. The number of aryl methyl sites for hydroxylation is 1. The summed E-state index contributed by atoms with van der Waals surface area (Å²) < 4.78 is 5.81. The molecule has 1 aromatic heterocycles. The molecule has 0 radical (unpaired) electrons. The van der Waals surface area contributed by atoms with Crippen LogP contribution in [0.4, 0.5) is 0 Å². The fraction of sp³-hybridized carbons (Fsp3) is 0.750. The van der Waals surface area contributed by atoms with Gasteiger partial charge in [0.25, 0.3) is 0 Å². The largest absolute Gasteiger partial charge is 0.373 e. The third-order valence-corrected chi connectivity index (χ3v) is 4.78. The SMILES string of the molecule is CCCNCc1cc(CN2CC(C)OC(C)C2)c(C)s1. The third-order valence-electron chi connectivity index (χ3n) is 3.69. The summed E-state index contributed by atoms with van der Waals surface area (Å²) in [7, 11) is 0. The number of morpholine rings is 1. The summed E-state index contributed by atoms with van der Waals surface area (Å²) in [6.07, 6.45) is 1.90. The monoisotopic (exact) mass is 296 g/mol. The van der Waals surface area contributed by atoms with E-state index in [1.807, 2.05) is 11.3 Å². The summed E-state index contributed by atoms with van der Waals surface area (Å²) in [5.74, 6) is 0. The summed E-state index contributed by atoms with van der Waals surface area (Å²) in [5.41, 5.74) is 1.49. The van der Waals surface area contributed by atoms with Crippen molar-refractivity contribution in [1.29, 1.82) is 0 Å². The van der Waals surface area contributed by atoms with E-state index in [0.717, 1.165) is 32.7 Å². The van der Waals surface area contributed by atoms with Crippen molar-refractivity contribution in [3.8, 4) is 0 Å². The van der Waals surface area contributed by atoms with Crippen LogP contribution in [0.2, 0.25) is 0 Å². The molecule has 1 aliphatic heterocycles. The second-order valence-electron chi connectivity index (χ2n) is 5.92. The Morgan fingerprint density at radius 2 is 2.05 bits per heavy atom. The first-order chi connectivity index (χ1) is 9.58. The van der Waals surface area contributed by atoms with Gasteiger partial charge in [-0.15, -0.1) is 11.3 Å². The van der Waals surface area contributed by atoms with Gasteiger partial charge in [0.15, 0.2) is 0 Å². The molecule has 4 heteroatoms. The molecule has 0 spiro atoms. The standard InChI is InChI=1S/C16H28N2OS/c1-5-6-17-8-16-7-15(14(4)20-16)11-18-9-12(2)19-13(3)10-18/h7,12-13,17H,5-6,8-11H2,1-4H3. The van der Waals surface area contributed by atoms with E-state index in [4.69, 9.17) is 4.74 Å². The predicted molar refractivity (Wildman–Crippen MR) is 86.3 cm³/mol. The van der Waals surface area contributed by atoms with Crippen LogP contribution in [0.25, 0.3) is 0 Å². The average molecular weight is 296 g/mol. The third kappa shape index (κ3) is 4.55. The zero-order chi connectivity index (χ0) is 14.5. The highest BCUT2D eigenvalue weighted by Gasteiger charge is 2.22. The molecule has 0 aromatic carbocycles. The van der Waals surface area contributed by atoms with Gasteiger partial charge < -0.3 is 10.1 Å². The van der Waals surface area contributed by atoms with Crippen molar-refractivity contribution in [2.24, 2.45) is 0 Å². The average Bonchev–Trinajstić information content (AvgIpc) is 2.69. The van der Waals surface area contributed by atoms with E-state index in [9.17, 15) is 0 Å². The Morgan fingerprint density at radius 3 is 2.70 bits per heavy atom. The Hall–Kier alpha value is -0.420. The zero-order valence-corrected chi connectivity index (χ0v) is 14.1. The lowest BCUT2D eigenvalue weighted by Gasteiger charge is -2.35. The first kappa shape index (κ1) is 16.0. The molecule has 1 aromatic rings. The van der Waals surface area contributed by atoms with Gasteiger partial charge in [-0.3, -0.25) is 4.90 Å². The van der Waals surface area contributed by atoms with Gasteiger partial charge in [0.05, 0.1) is 12.2 Å². The van der Waals surface area contributed by atoms with E-state index in [-0.39, 0.29) is 0 Å². The minimum atomic E-state index is 0.350. The van der Waals surface area contributed by atoms with E-state index in [1.165, 1.54) is 21.7 Å². The normalized spacial score (nSPS) is 24.2. The molecule has 1 aliphatic rings. The van der Waals surface area contributed by atoms with Crippen LogP contribution in [0.1, 0.15) is 42.5 Å². The lowest BCUT2D eigenvalue weighted by Crippen LogP contribution is -2.44. The number of nitrogens with one attached hydrogen (secondary N) is 1. The van der Waals surface area contributed by atoms with E-state index < -0.39 is 0 Å². The minimum absolute atomic E-state index is 0.350. The van der Waals surface area contributed by atoms with Crippen LogP contribution in [-0.4, -0.2) is 36.7 Å². The highest BCUT2D eigenvalue weighted by molar-refractivity contribution is 7.12. The fourth-order valence-electron chi connectivity index (χ4n) is 2.87. The van der Waals surface area contributed by atoms with Gasteiger partial charge >= 0.3 is 0 Å². The summed E-state index contributed by atoms with van der Waals surface area (Å²) >= 11 is 1.93. The molecule has 20 heavy (non-hydrogen) atoms. The molecule has 114 valence electrons. The molecule has 0 bridgehead atoms. The molecule has 1 N–H and O–H groups in total. The van der Waals surface area contributed by atoms with Crippen LogP contribution in [0.15, 0.2) is 6.07 Å². The lowest BCUT2D eigenvalue weighted by atomic mass is 10.2. The molecular weight excluding hydrogens is 268 g/mol. The Kier molecular flexibility index (Phi) is 6.02. The number of hydrogen-bond acceptors (Lipinski definition) is 4. The van der Waals surface area contributed by atoms with E-state index in [2.05, 4.69) is 44.0 Å². The fourth-order valence-corrected chi connectivity index (χ4v) is 3.90. The van der Waals surface area contributed by atoms with Gasteiger partial charge in [-0.2, -0.15) is 0 Å². The molecule has 0 saturated carbocycles. The number of ether oxygens (including phenoxy) is 1. The molecule has 1 fully saturated rings. The van der Waals surface area contributed by atoms with Gasteiger partial charge in [0.1, 0.15) is 0 Å².